The molecule has 2 saturated heterocycles. The molecule has 0 aromatic carbocycles. The molecule has 2 fully saturated rings. The van der Waals surface area contributed by atoms with Crippen molar-refractivity contribution in [2.75, 3.05) is 31.3 Å². The Morgan fingerprint density at radius 1 is 1.22 bits per heavy atom. The van der Waals surface area contributed by atoms with Crippen LogP contribution in [0.25, 0.3) is 11.2 Å². The van der Waals surface area contributed by atoms with E-state index < -0.39 is 63.4 Å². The number of aromatic nitrogens is 6. The van der Waals surface area contributed by atoms with Gasteiger partial charge >= 0.3 is 13.5 Å². The highest BCUT2D eigenvalue weighted by molar-refractivity contribution is 7.47. The van der Waals surface area contributed by atoms with E-state index in [9.17, 15) is 24.5 Å². The SMILES string of the molecule is Nc1ccn([C@H]2C[C@H](O)[C@@H](COP(=O)(O)O[C@H]3[C@H](n4cnc5c(N)ncnc54)CO[C@@H]3CO)O2)c(=O)n1. The molecule has 37 heavy (non-hydrogen) atoms. The van der Waals surface area contributed by atoms with Crippen molar-refractivity contribution in [1.82, 2.24) is 29.1 Å². The number of aliphatic hydroxyl groups is 2. The Balaban J connectivity index is 1.27. The monoisotopic (exact) mass is 540 g/mol. The maximum Gasteiger partial charge on any atom is 0.472 e. The van der Waals surface area contributed by atoms with E-state index in [1.807, 2.05) is 0 Å². The fourth-order valence-electron chi connectivity index (χ4n) is 4.34. The summed E-state index contributed by atoms with van der Waals surface area (Å²) in [7, 11) is -4.76. The van der Waals surface area contributed by atoms with Crippen LogP contribution in [-0.4, -0.2) is 88.4 Å². The minimum atomic E-state index is -4.76. The summed E-state index contributed by atoms with van der Waals surface area (Å²) in [5.41, 5.74) is 11.3. The Kier molecular flexibility index (Phi) is 6.95. The molecule has 2 aliphatic heterocycles. The molecule has 0 bridgehead atoms. The number of imidazole rings is 1. The Labute approximate surface area is 208 Å². The van der Waals surface area contributed by atoms with Gasteiger partial charge in [0.2, 0.25) is 0 Å². The lowest BCUT2D eigenvalue weighted by molar-refractivity contribution is -0.0519. The third kappa shape index (κ3) is 5.07. The molecular weight excluding hydrogens is 515 g/mol. The van der Waals surface area contributed by atoms with Crippen LogP contribution >= 0.6 is 7.82 Å². The Morgan fingerprint density at radius 2 is 2.03 bits per heavy atom. The van der Waals surface area contributed by atoms with Gasteiger partial charge in [-0.1, -0.05) is 0 Å². The number of anilines is 2. The molecule has 3 aromatic rings. The second-order valence-corrected chi connectivity index (χ2v) is 9.92. The first-order valence-corrected chi connectivity index (χ1v) is 12.7. The van der Waals surface area contributed by atoms with E-state index in [2.05, 4.69) is 19.9 Å². The molecule has 2 aliphatic rings. The second-order valence-electron chi connectivity index (χ2n) is 8.51. The molecule has 7 N–H and O–H groups in total. The van der Waals surface area contributed by atoms with Gasteiger partial charge in [0.1, 0.15) is 42.2 Å². The van der Waals surface area contributed by atoms with E-state index >= 15 is 0 Å². The first-order chi connectivity index (χ1) is 17.7. The van der Waals surface area contributed by atoms with E-state index in [0.29, 0.717) is 11.2 Å². The minimum Gasteiger partial charge on any atom is -0.394 e. The van der Waals surface area contributed by atoms with Crippen molar-refractivity contribution in [3.05, 3.63) is 35.4 Å². The lowest BCUT2D eigenvalue weighted by Gasteiger charge is -2.26. The van der Waals surface area contributed by atoms with Crippen molar-refractivity contribution in [2.24, 2.45) is 0 Å². The molecule has 1 unspecified atom stereocenters. The highest BCUT2D eigenvalue weighted by Gasteiger charge is 2.45. The van der Waals surface area contributed by atoms with Crippen LogP contribution in [0, 0.1) is 0 Å². The summed E-state index contributed by atoms with van der Waals surface area (Å²) < 4.78 is 37.3. The highest BCUT2D eigenvalue weighted by Crippen LogP contribution is 2.49. The van der Waals surface area contributed by atoms with Gasteiger partial charge in [0.25, 0.3) is 0 Å². The topological polar surface area (TPSA) is 245 Å². The number of nitrogen functional groups attached to an aromatic ring is 2. The summed E-state index contributed by atoms with van der Waals surface area (Å²) in [5.74, 6) is 0.188. The van der Waals surface area contributed by atoms with Gasteiger partial charge in [-0.2, -0.15) is 4.98 Å². The molecule has 200 valence electrons. The average molecular weight is 540 g/mol. The number of nitrogens with two attached hydrogens (primary N) is 2. The summed E-state index contributed by atoms with van der Waals surface area (Å²) in [6, 6.07) is 0.696. The smallest absolute Gasteiger partial charge is 0.394 e. The molecule has 5 rings (SSSR count). The van der Waals surface area contributed by atoms with E-state index in [4.69, 9.17) is 30.0 Å². The molecule has 0 saturated carbocycles. The molecule has 3 aromatic heterocycles. The number of rotatable bonds is 8. The first-order valence-electron chi connectivity index (χ1n) is 11.2. The van der Waals surface area contributed by atoms with E-state index in [1.54, 1.807) is 4.57 Å². The number of hydrogen-bond donors (Lipinski definition) is 5. The zero-order valence-electron chi connectivity index (χ0n) is 19.2. The molecule has 0 aliphatic carbocycles. The minimum absolute atomic E-state index is 0.0138. The van der Waals surface area contributed by atoms with Crippen LogP contribution in [0.15, 0.2) is 29.7 Å². The van der Waals surface area contributed by atoms with Crippen molar-refractivity contribution >= 4 is 30.6 Å². The van der Waals surface area contributed by atoms with Crippen LogP contribution in [0.4, 0.5) is 11.6 Å². The number of nitrogens with zero attached hydrogens (tertiary/aromatic N) is 6. The van der Waals surface area contributed by atoms with Crippen molar-refractivity contribution in [2.45, 2.75) is 43.1 Å². The summed E-state index contributed by atoms with van der Waals surface area (Å²) in [6.07, 6.45) is -1.05. The molecule has 17 nitrogen and oxygen atoms in total. The zero-order chi connectivity index (χ0) is 26.3. The number of phosphoric acid groups is 1. The van der Waals surface area contributed by atoms with Gasteiger partial charge in [-0.25, -0.2) is 24.3 Å². The number of hydrogen-bond acceptors (Lipinski definition) is 14. The van der Waals surface area contributed by atoms with Gasteiger partial charge in [-0.3, -0.25) is 13.6 Å². The number of phosphoric ester groups is 1. The van der Waals surface area contributed by atoms with Gasteiger partial charge < -0.3 is 40.6 Å². The van der Waals surface area contributed by atoms with Gasteiger partial charge in [0.15, 0.2) is 11.5 Å². The maximum atomic E-state index is 12.9. The summed E-state index contributed by atoms with van der Waals surface area (Å²) in [4.78, 5) is 38.3. The van der Waals surface area contributed by atoms with E-state index in [1.165, 1.54) is 24.9 Å². The predicted molar refractivity (Wildman–Crippen MR) is 124 cm³/mol. The van der Waals surface area contributed by atoms with Gasteiger partial charge in [-0.05, 0) is 6.07 Å². The number of ether oxygens (including phenoxy) is 2. The molecular formula is C19H25N8O9P. The third-order valence-electron chi connectivity index (χ3n) is 6.17. The fourth-order valence-corrected chi connectivity index (χ4v) is 5.32. The molecule has 0 spiro atoms. The predicted octanol–water partition coefficient (Wildman–Crippen LogP) is -1.67. The van der Waals surface area contributed by atoms with Gasteiger partial charge in [-0.15, -0.1) is 0 Å². The highest BCUT2D eigenvalue weighted by atomic mass is 31.2. The lowest BCUT2D eigenvalue weighted by atomic mass is 10.1. The fraction of sp³-hybridized carbons (Fsp3) is 0.526. The Bertz CT molecular complexity index is 1390. The normalized spacial score (nSPS) is 29.6. The largest absolute Gasteiger partial charge is 0.472 e. The lowest BCUT2D eigenvalue weighted by Crippen LogP contribution is -2.34. The van der Waals surface area contributed by atoms with Crippen molar-refractivity contribution in [3.63, 3.8) is 0 Å². The Hall–Kier alpha value is -3.02. The summed E-state index contributed by atoms with van der Waals surface area (Å²) in [5, 5.41) is 20.1. The number of fused-ring (bicyclic) bond motifs is 1. The quantitative estimate of drug-likeness (QED) is 0.200. The summed E-state index contributed by atoms with van der Waals surface area (Å²) >= 11 is 0. The zero-order valence-corrected chi connectivity index (χ0v) is 20.1. The van der Waals surface area contributed by atoms with Crippen LogP contribution in [0.5, 0.6) is 0 Å². The van der Waals surface area contributed by atoms with E-state index in [0.717, 1.165) is 4.57 Å². The second kappa shape index (κ2) is 10.0. The van der Waals surface area contributed by atoms with Crippen LogP contribution in [-0.2, 0) is 23.1 Å². The molecule has 18 heteroatoms. The summed E-state index contributed by atoms with van der Waals surface area (Å²) in [6.45, 7) is -1.01. The van der Waals surface area contributed by atoms with Crippen molar-refractivity contribution < 1.29 is 38.2 Å². The van der Waals surface area contributed by atoms with Crippen molar-refractivity contribution in [1.29, 1.82) is 0 Å². The van der Waals surface area contributed by atoms with Gasteiger partial charge in [0, 0.05) is 12.6 Å². The van der Waals surface area contributed by atoms with E-state index in [-0.39, 0.29) is 24.7 Å². The van der Waals surface area contributed by atoms with Crippen LogP contribution in [0.2, 0.25) is 0 Å². The van der Waals surface area contributed by atoms with Crippen LogP contribution in [0.1, 0.15) is 18.7 Å². The average Bonchev–Trinajstić information content (AvgIpc) is 3.54. The maximum absolute atomic E-state index is 12.9. The van der Waals surface area contributed by atoms with Crippen molar-refractivity contribution in [3.8, 4) is 0 Å². The number of aliphatic hydroxyl groups excluding tert-OH is 2. The molecule has 0 radical (unpaired) electrons. The third-order valence-corrected chi connectivity index (χ3v) is 7.16. The standard InChI is InChI=1S/C19H25N8O9P/c20-13-1-2-26(19(30)25-13)14-3-10(29)12(35-14)6-34-37(31,32)36-16-9(5-33-11(16)4-28)27-8-24-15-17(21)22-7-23-18(15)27/h1-2,7-12,14,16,28-29H,3-6H2,(H,31,32)(H2,20,25,30)(H2,21,22,23)/t9-,10+,11-,12-,14-,16+/m1/s1. The van der Waals surface area contributed by atoms with Crippen LogP contribution in [0.3, 0.4) is 0 Å². The molecule has 0 amide bonds. The molecule has 5 heterocycles. The first kappa shape index (κ1) is 25.6. The van der Waals surface area contributed by atoms with Crippen LogP contribution < -0.4 is 17.2 Å². The molecule has 7 atom stereocenters. The van der Waals surface area contributed by atoms with Gasteiger partial charge in [0.05, 0.1) is 38.3 Å². The Morgan fingerprint density at radius 3 is 2.78 bits per heavy atom.